The molecule has 0 aliphatic heterocycles. The molecule has 0 bridgehead atoms. The van der Waals surface area contributed by atoms with Gasteiger partial charge in [-0.15, -0.1) is 0 Å². The Balaban J connectivity index is 0.00000110. The average Bonchev–Trinajstić information content (AvgIpc) is 2.51. The molecule has 94 valence electrons. The summed E-state index contributed by atoms with van der Waals surface area (Å²) in [6.45, 7) is 0. The Morgan fingerprint density at radius 2 is 0.619 bits per heavy atom. The number of hydrogen-bond donors (Lipinski definition) is 0. The normalized spacial score (nSPS) is 9.57. The van der Waals surface area contributed by atoms with Crippen molar-refractivity contribution >= 4 is 61.6 Å². The van der Waals surface area contributed by atoms with Gasteiger partial charge < -0.3 is 0 Å². The molecule has 3 rings (SSSR count). The summed E-state index contributed by atoms with van der Waals surface area (Å²) in [6, 6.07) is 32.3. The first-order chi connectivity index (χ1) is 9.45. The van der Waals surface area contributed by atoms with E-state index in [0.29, 0.717) is 0 Å². The van der Waals surface area contributed by atoms with Crippen LogP contribution < -0.4 is 15.9 Å². The van der Waals surface area contributed by atoms with Gasteiger partial charge in [0.15, 0.2) is 0 Å². The van der Waals surface area contributed by atoms with Crippen molar-refractivity contribution in [2.24, 2.45) is 0 Å². The van der Waals surface area contributed by atoms with E-state index >= 15 is 0 Å². The summed E-state index contributed by atoms with van der Waals surface area (Å²) in [5.74, 6) is 0. The van der Waals surface area contributed by atoms with Crippen LogP contribution in [0.25, 0.3) is 0 Å². The van der Waals surface area contributed by atoms with Crippen molar-refractivity contribution in [3.63, 3.8) is 0 Å². The standard InChI is InChI=1S/C18H15P.2Li/c1-4-10-16(11-5-1)19(17-12-6-2-7-13-17)18-14-8-3-9-15-18;;/h1-15H;;. The van der Waals surface area contributed by atoms with Crippen molar-refractivity contribution in [3.8, 4) is 0 Å². The Morgan fingerprint density at radius 3 is 0.857 bits per heavy atom. The maximum Gasteiger partial charge on any atom is 0 e. The van der Waals surface area contributed by atoms with Gasteiger partial charge in [-0.1, -0.05) is 91.0 Å². The fraction of sp³-hybridized carbons (Fsp3) is 0. The largest absolute Gasteiger partial charge is 0.0622 e. The Bertz CT molecular complexity index is 533. The average molecular weight is 276 g/mol. The van der Waals surface area contributed by atoms with Crippen LogP contribution in [0.5, 0.6) is 0 Å². The molecule has 0 spiro atoms. The van der Waals surface area contributed by atoms with Gasteiger partial charge in [0.25, 0.3) is 0 Å². The van der Waals surface area contributed by atoms with E-state index in [9.17, 15) is 0 Å². The quantitative estimate of drug-likeness (QED) is 0.509. The molecular weight excluding hydrogens is 261 g/mol. The van der Waals surface area contributed by atoms with Crippen LogP contribution in [-0.4, -0.2) is 37.7 Å². The molecule has 3 aromatic rings. The molecule has 0 aliphatic carbocycles. The Hall–Kier alpha value is -0.715. The summed E-state index contributed by atoms with van der Waals surface area (Å²) in [5.41, 5.74) is 0. The van der Waals surface area contributed by atoms with Gasteiger partial charge in [-0.05, 0) is 23.8 Å². The van der Waals surface area contributed by atoms with Crippen LogP contribution in [0.2, 0.25) is 0 Å². The second kappa shape index (κ2) is 9.33. The second-order valence-corrected chi connectivity index (χ2v) is 6.56. The van der Waals surface area contributed by atoms with Crippen LogP contribution in [0.1, 0.15) is 0 Å². The molecule has 21 heavy (non-hydrogen) atoms. The van der Waals surface area contributed by atoms with Crippen molar-refractivity contribution in [2.75, 3.05) is 0 Å². The molecule has 0 atom stereocenters. The van der Waals surface area contributed by atoms with Crippen molar-refractivity contribution in [1.82, 2.24) is 0 Å². The van der Waals surface area contributed by atoms with E-state index in [0.717, 1.165) is 0 Å². The topological polar surface area (TPSA) is 0 Å². The SMILES string of the molecule is [Li].[Li].c1ccc(P(c2ccccc2)c2ccccc2)cc1. The van der Waals surface area contributed by atoms with E-state index in [1.54, 1.807) is 0 Å². The molecule has 0 fully saturated rings. The van der Waals surface area contributed by atoms with Crippen molar-refractivity contribution < 1.29 is 0 Å². The van der Waals surface area contributed by atoms with Gasteiger partial charge >= 0.3 is 0 Å². The van der Waals surface area contributed by atoms with Crippen LogP contribution in [-0.2, 0) is 0 Å². The van der Waals surface area contributed by atoms with Crippen molar-refractivity contribution in [2.45, 2.75) is 0 Å². The number of rotatable bonds is 3. The minimum atomic E-state index is -0.446. The van der Waals surface area contributed by atoms with Gasteiger partial charge in [0.05, 0.1) is 0 Å². The fourth-order valence-corrected chi connectivity index (χ4v) is 4.48. The van der Waals surface area contributed by atoms with Crippen LogP contribution in [0.15, 0.2) is 91.0 Å². The molecule has 0 unspecified atom stereocenters. The summed E-state index contributed by atoms with van der Waals surface area (Å²) in [6.07, 6.45) is 0. The van der Waals surface area contributed by atoms with E-state index in [-0.39, 0.29) is 37.7 Å². The maximum absolute atomic E-state index is 2.23. The molecule has 0 aliphatic rings. The molecule has 0 heterocycles. The molecule has 0 saturated carbocycles. The zero-order valence-electron chi connectivity index (χ0n) is 12.6. The monoisotopic (exact) mass is 276 g/mol. The van der Waals surface area contributed by atoms with E-state index in [4.69, 9.17) is 0 Å². The fourth-order valence-electron chi connectivity index (χ4n) is 2.18. The first-order valence-electron chi connectivity index (χ1n) is 6.40. The van der Waals surface area contributed by atoms with Gasteiger partial charge in [0.1, 0.15) is 0 Å². The molecule has 0 saturated heterocycles. The third-order valence-corrected chi connectivity index (χ3v) is 5.49. The third kappa shape index (κ3) is 4.63. The zero-order valence-corrected chi connectivity index (χ0v) is 13.5. The van der Waals surface area contributed by atoms with Crippen LogP contribution in [0.3, 0.4) is 0 Å². The minimum absolute atomic E-state index is 0. The molecule has 0 nitrogen and oxygen atoms in total. The van der Waals surface area contributed by atoms with Crippen molar-refractivity contribution in [3.05, 3.63) is 91.0 Å². The van der Waals surface area contributed by atoms with Crippen LogP contribution in [0.4, 0.5) is 0 Å². The van der Waals surface area contributed by atoms with E-state index in [2.05, 4.69) is 91.0 Å². The summed E-state index contributed by atoms with van der Waals surface area (Å²) >= 11 is 0. The third-order valence-electron chi connectivity index (χ3n) is 3.04. The van der Waals surface area contributed by atoms with Gasteiger partial charge in [-0.25, -0.2) is 0 Å². The summed E-state index contributed by atoms with van der Waals surface area (Å²) in [4.78, 5) is 0. The molecule has 3 heteroatoms. The van der Waals surface area contributed by atoms with Gasteiger partial charge in [-0.2, -0.15) is 0 Å². The predicted octanol–water partition coefficient (Wildman–Crippen LogP) is 2.68. The number of benzene rings is 3. The van der Waals surface area contributed by atoms with Crippen LogP contribution >= 0.6 is 7.92 Å². The van der Waals surface area contributed by atoms with E-state index < -0.39 is 7.92 Å². The summed E-state index contributed by atoms with van der Waals surface area (Å²) in [7, 11) is -0.446. The van der Waals surface area contributed by atoms with Gasteiger partial charge in [0.2, 0.25) is 0 Å². The van der Waals surface area contributed by atoms with E-state index in [1.165, 1.54) is 15.9 Å². The Kier molecular flexibility index (Phi) is 8.15. The summed E-state index contributed by atoms with van der Waals surface area (Å²) < 4.78 is 0. The molecule has 0 N–H and O–H groups in total. The molecule has 2 radical (unpaired) electrons. The first-order valence-corrected chi connectivity index (χ1v) is 7.74. The van der Waals surface area contributed by atoms with Gasteiger partial charge in [-0.3, -0.25) is 0 Å². The van der Waals surface area contributed by atoms with Gasteiger partial charge in [0, 0.05) is 37.7 Å². The Morgan fingerprint density at radius 1 is 0.381 bits per heavy atom. The minimum Gasteiger partial charge on any atom is -0.0622 e. The molecule has 0 amide bonds. The smallest absolute Gasteiger partial charge is 0 e. The Labute approximate surface area is 152 Å². The van der Waals surface area contributed by atoms with E-state index in [1.807, 2.05) is 0 Å². The molecular formula is C18H15Li2P. The predicted molar refractivity (Wildman–Crippen MR) is 96.7 cm³/mol. The second-order valence-electron chi connectivity index (χ2n) is 4.34. The maximum atomic E-state index is 2.23. The zero-order chi connectivity index (χ0) is 12.9. The summed E-state index contributed by atoms with van der Waals surface area (Å²) in [5, 5.41) is 4.19. The molecule has 3 aromatic carbocycles. The molecule has 0 aromatic heterocycles. The van der Waals surface area contributed by atoms with Crippen LogP contribution in [0, 0.1) is 0 Å². The number of hydrogen-bond acceptors (Lipinski definition) is 0. The van der Waals surface area contributed by atoms with Crippen molar-refractivity contribution in [1.29, 1.82) is 0 Å². The first kappa shape index (κ1) is 18.3.